The van der Waals surface area contributed by atoms with Gasteiger partial charge in [-0.15, -0.1) is 0 Å². The molecular formula is C6H12N2S. The number of aliphatic imine (C=N–C) groups is 1. The van der Waals surface area contributed by atoms with E-state index in [1.807, 2.05) is 11.8 Å². The number of rotatable bonds is 1. The van der Waals surface area contributed by atoms with Crippen LogP contribution in [0.4, 0.5) is 0 Å². The number of amidine groups is 1. The molecule has 0 spiro atoms. The first-order valence-corrected chi connectivity index (χ1v) is 4.21. The molecule has 1 aliphatic heterocycles. The summed E-state index contributed by atoms with van der Waals surface area (Å²) >= 11 is 1.82. The number of likely N-dealkylation sites (N-methyl/N-ethyl adjacent to an activating group) is 1. The zero-order valence-corrected chi connectivity index (χ0v) is 6.74. The molecule has 1 aliphatic rings. The Bertz CT molecular complexity index is 122. The lowest BCUT2D eigenvalue weighted by Gasteiger charge is -2.10. The molecule has 9 heavy (non-hydrogen) atoms. The minimum Gasteiger partial charge on any atom is -0.353 e. The fourth-order valence-corrected chi connectivity index (χ4v) is 1.55. The van der Waals surface area contributed by atoms with Crippen molar-refractivity contribution in [1.82, 2.24) is 4.90 Å². The van der Waals surface area contributed by atoms with Crippen LogP contribution in [0.5, 0.6) is 0 Å². The molecule has 0 N–H and O–H groups in total. The average Bonchev–Trinajstić information content (AvgIpc) is 2.18. The SMILES string of the molecule is CCSC1=NCCN1C. The van der Waals surface area contributed by atoms with Crippen LogP contribution in [0, 0.1) is 0 Å². The number of hydrogen-bond donors (Lipinski definition) is 0. The Hall–Kier alpha value is -0.180. The molecule has 0 aromatic heterocycles. The van der Waals surface area contributed by atoms with Crippen molar-refractivity contribution in [2.45, 2.75) is 6.92 Å². The summed E-state index contributed by atoms with van der Waals surface area (Å²) in [5.74, 6) is 1.13. The Morgan fingerprint density at radius 1 is 1.78 bits per heavy atom. The molecule has 0 saturated carbocycles. The fourth-order valence-electron chi connectivity index (χ4n) is 0.797. The van der Waals surface area contributed by atoms with Crippen LogP contribution in [0.15, 0.2) is 4.99 Å². The minimum absolute atomic E-state index is 0.985. The van der Waals surface area contributed by atoms with Crippen molar-refractivity contribution in [3.05, 3.63) is 0 Å². The van der Waals surface area contributed by atoms with Gasteiger partial charge in [0.05, 0.1) is 6.54 Å². The lowest BCUT2D eigenvalue weighted by molar-refractivity contribution is 0.564. The van der Waals surface area contributed by atoms with E-state index in [-0.39, 0.29) is 0 Å². The molecule has 2 nitrogen and oxygen atoms in total. The van der Waals surface area contributed by atoms with Crippen LogP contribution in [-0.2, 0) is 0 Å². The van der Waals surface area contributed by atoms with Gasteiger partial charge < -0.3 is 4.90 Å². The predicted octanol–water partition coefficient (Wildman–Crippen LogP) is 1.04. The molecule has 0 unspecified atom stereocenters. The Labute approximate surface area is 60.3 Å². The molecule has 0 amide bonds. The first kappa shape index (κ1) is 6.93. The van der Waals surface area contributed by atoms with Gasteiger partial charge in [-0.25, -0.2) is 0 Å². The Morgan fingerprint density at radius 2 is 2.56 bits per heavy atom. The molecule has 3 heteroatoms. The summed E-state index contributed by atoms with van der Waals surface area (Å²) in [4.78, 5) is 6.51. The topological polar surface area (TPSA) is 15.6 Å². The van der Waals surface area contributed by atoms with Gasteiger partial charge in [-0.05, 0) is 5.75 Å². The maximum Gasteiger partial charge on any atom is 0.159 e. The summed E-state index contributed by atoms with van der Waals surface area (Å²) in [6.45, 7) is 4.24. The van der Waals surface area contributed by atoms with E-state index in [9.17, 15) is 0 Å². The van der Waals surface area contributed by atoms with Crippen LogP contribution in [0.3, 0.4) is 0 Å². The summed E-state index contributed by atoms with van der Waals surface area (Å²) in [6.07, 6.45) is 0. The number of nitrogens with zero attached hydrogens (tertiary/aromatic N) is 2. The van der Waals surface area contributed by atoms with Crippen LogP contribution in [0.2, 0.25) is 0 Å². The lowest BCUT2D eigenvalue weighted by atomic mass is 10.6. The van der Waals surface area contributed by atoms with Gasteiger partial charge in [-0.1, -0.05) is 18.7 Å². The second kappa shape index (κ2) is 3.11. The normalized spacial score (nSPS) is 18.4. The van der Waals surface area contributed by atoms with Crippen LogP contribution < -0.4 is 0 Å². The molecule has 0 fully saturated rings. The van der Waals surface area contributed by atoms with Crippen molar-refractivity contribution >= 4 is 16.9 Å². The van der Waals surface area contributed by atoms with Gasteiger partial charge in [0.25, 0.3) is 0 Å². The lowest BCUT2D eigenvalue weighted by Crippen LogP contribution is -2.19. The van der Waals surface area contributed by atoms with Crippen molar-refractivity contribution in [3.8, 4) is 0 Å². The molecule has 0 atom stereocenters. The fraction of sp³-hybridized carbons (Fsp3) is 0.833. The van der Waals surface area contributed by atoms with Crippen molar-refractivity contribution < 1.29 is 0 Å². The third kappa shape index (κ3) is 1.61. The highest BCUT2D eigenvalue weighted by molar-refractivity contribution is 8.13. The van der Waals surface area contributed by atoms with Crippen molar-refractivity contribution in [2.24, 2.45) is 4.99 Å². The molecule has 0 bridgehead atoms. The first-order chi connectivity index (χ1) is 4.34. The van der Waals surface area contributed by atoms with Crippen LogP contribution >= 0.6 is 11.8 Å². The number of thioether (sulfide) groups is 1. The molecule has 0 saturated heterocycles. The highest BCUT2D eigenvalue weighted by Crippen LogP contribution is 2.10. The minimum atomic E-state index is 0.985. The molecule has 1 rings (SSSR count). The maximum atomic E-state index is 4.31. The Balaban J connectivity index is 2.38. The van der Waals surface area contributed by atoms with E-state index in [0.717, 1.165) is 18.8 Å². The van der Waals surface area contributed by atoms with Crippen molar-refractivity contribution in [3.63, 3.8) is 0 Å². The van der Waals surface area contributed by atoms with Gasteiger partial charge in [0, 0.05) is 13.6 Å². The van der Waals surface area contributed by atoms with E-state index in [2.05, 4.69) is 23.9 Å². The smallest absolute Gasteiger partial charge is 0.159 e. The monoisotopic (exact) mass is 144 g/mol. The zero-order valence-electron chi connectivity index (χ0n) is 5.92. The summed E-state index contributed by atoms with van der Waals surface area (Å²) in [6, 6.07) is 0. The van der Waals surface area contributed by atoms with Crippen molar-refractivity contribution in [2.75, 3.05) is 25.9 Å². The summed E-state index contributed by atoms with van der Waals surface area (Å²) in [5.41, 5.74) is 0. The molecule has 0 aromatic rings. The molecule has 52 valence electrons. The van der Waals surface area contributed by atoms with Crippen LogP contribution in [-0.4, -0.2) is 36.0 Å². The highest BCUT2D eigenvalue weighted by Gasteiger charge is 2.10. The maximum absolute atomic E-state index is 4.31. The first-order valence-electron chi connectivity index (χ1n) is 3.23. The Morgan fingerprint density at radius 3 is 3.00 bits per heavy atom. The van der Waals surface area contributed by atoms with Gasteiger partial charge in [0.1, 0.15) is 0 Å². The molecule has 0 radical (unpaired) electrons. The van der Waals surface area contributed by atoms with E-state index in [1.165, 1.54) is 5.17 Å². The highest BCUT2D eigenvalue weighted by atomic mass is 32.2. The van der Waals surface area contributed by atoms with Crippen molar-refractivity contribution in [1.29, 1.82) is 0 Å². The van der Waals surface area contributed by atoms with Gasteiger partial charge in [0.2, 0.25) is 0 Å². The van der Waals surface area contributed by atoms with Gasteiger partial charge in [0.15, 0.2) is 5.17 Å². The summed E-state index contributed by atoms with van der Waals surface area (Å²) < 4.78 is 0. The second-order valence-electron chi connectivity index (χ2n) is 2.02. The van der Waals surface area contributed by atoms with Gasteiger partial charge in [-0.3, -0.25) is 4.99 Å². The molecular weight excluding hydrogens is 132 g/mol. The Kier molecular flexibility index (Phi) is 2.39. The zero-order chi connectivity index (χ0) is 6.69. The van der Waals surface area contributed by atoms with E-state index in [4.69, 9.17) is 0 Å². The van der Waals surface area contributed by atoms with E-state index < -0.39 is 0 Å². The van der Waals surface area contributed by atoms with E-state index in [0.29, 0.717) is 0 Å². The van der Waals surface area contributed by atoms with Crippen LogP contribution in [0.25, 0.3) is 0 Å². The van der Waals surface area contributed by atoms with E-state index in [1.54, 1.807) is 0 Å². The van der Waals surface area contributed by atoms with Gasteiger partial charge in [-0.2, -0.15) is 0 Å². The average molecular weight is 144 g/mol. The second-order valence-corrected chi connectivity index (χ2v) is 3.25. The summed E-state index contributed by atoms with van der Waals surface area (Å²) in [5, 5.41) is 1.21. The standard InChI is InChI=1S/C6H12N2S/c1-3-9-6-7-4-5-8(6)2/h3-5H2,1-2H3. The third-order valence-corrected chi connectivity index (χ3v) is 2.27. The molecule has 0 aromatic carbocycles. The van der Waals surface area contributed by atoms with Gasteiger partial charge >= 0.3 is 0 Å². The molecule has 0 aliphatic carbocycles. The van der Waals surface area contributed by atoms with Crippen LogP contribution in [0.1, 0.15) is 6.92 Å². The number of hydrogen-bond acceptors (Lipinski definition) is 3. The largest absolute Gasteiger partial charge is 0.353 e. The van der Waals surface area contributed by atoms with E-state index >= 15 is 0 Å². The summed E-state index contributed by atoms with van der Waals surface area (Å²) in [7, 11) is 2.09. The quantitative estimate of drug-likeness (QED) is 0.546. The third-order valence-electron chi connectivity index (χ3n) is 1.28. The predicted molar refractivity (Wildman–Crippen MR) is 43.1 cm³/mol. The molecule has 1 heterocycles.